The Morgan fingerprint density at radius 2 is 2.17 bits per heavy atom. The number of aliphatic hydroxyl groups is 1. The minimum Gasteiger partial charge on any atom is -0.387 e. The van der Waals surface area contributed by atoms with Crippen molar-refractivity contribution in [2.24, 2.45) is 0 Å². The molecule has 2 rings (SSSR count). The summed E-state index contributed by atoms with van der Waals surface area (Å²) in [6.45, 7) is 3.53. The Bertz CT molecular complexity index is 564. The van der Waals surface area contributed by atoms with E-state index in [0.29, 0.717) is 16.4 Å². The van der Waals surface area contributed by atoms with Crippen LogP contribution in [0, 0.1) is 6.92 Å². The van der Waals surface area contributed by atoms with Crippen LogP contribution in [0.4, 0.5) is 5.13 Å². The standard InChI is InChI=1S/C13H14N2O2S/c1-8-5-3-4-6-10(8)12(17)15-13-14-11(7-18-13)9(2)16/h3-7,9,16H,1-2H3,(H,14,15,17). The smallest absolute Gasteiger partial charge is 0.257 e. The molecule has 1 unspecified atom stereocenters. The summed E-state index contributed by atoms with van der Waals surface area (Å²) < 4.78 is 0. The van der Waals surface area contributed by atoms with Gasteiger partial charge in [-0.25, -0.2) is 4.98 Å². The second kappa shape index (κ2) is 5.29. The molecule has 0 aliphatic heterocycles. The average molecular weight is 262 g/mol. The fourth-order valence-electron chi connectivity index (χ4n) is 1.53. The van der Waals surface area contributed by atoms with Crippen molar-refractivity contribution in [3.05, 3.63) is 46.5 Å². The van der Waals surface area contributed by atoms with E-state index in [0.717, 1.165) is 5.56 Å². The van der Waals surface area contributed by atoms with Crippen LogP contribution < -0.4 is 5.32 Å². The van der Waals surface area contributed by atoms with Crippen molar-refractivity contribution in [2.75, 3.05) is 5.32 Å². The summed E-state index contributed by atoms with van der Waals surface area (Å²) in [5, 5.41) is 14.3. The van der Waals surface area contributed by atoms with Crippen LogP contribution in [0.3, 0.4) is 0 Å². The number of thiazole rings is 1. The van der Waals surface area contributed by atoms with E-state index in [4.69, 9.17) is 0 Å². The highest BCUT2D eigenvalue weighted by atomic mass is 32.1. The molecule has 0 bridgehead atoms. The van der Waals surface area contributed by atoms with Crippen LogP contribution in [-0.2, 0) is 0 Å². The van der Waals surface area contributed by atoms with Crippen LogP contribution in [0.25, 0.3) is 0 Å². The highest BCUT2D eigenvalue weighted by Crippen LogP contribution is 2.21. The van der Waals surface area contributed by atoms with Crippen molar-refractivity contribution in [3.63, 3.8) is 0 Å². The quantitative estimate of drug-likeness (QED) is 0.894. The number of aromatic nitrogens is 1. The second-order valence-corrected chi connectivity index (χ2v) is 4.88. The highest BCUT2D eigenvalue weighted by molar-refractivity contribution is 7.14. The van der Waals surface area contributed by atoms with Gasteiger partial charge in [0.1, 0.15) is 0 Å². The molecule has 18 heavy (non-hydrogen) atoms. The molecule has 4 nitrogen and oxygen atoms in total. The zero-order chi connectivity index (χ0) is 13.1. The Morgan fingerprint density at radius 3 is 2.78 bits per heavy atom. The third-order valence-electron chi connectivity index (χ3n) is 2.56. The molecule has 0 saturated heterocycles. The summed E-state index contributed by atoms with van der Waals surface area (Å²) in [4.78, 5) is 16.1. The van der Waals surface area contributed by atoms with Gasteiger partial charge in [0.05, 0.1) is 11.8 Å². The first-order chi connectivity index (χ1) is 8.58. The molecule has 1 aromatic heterocycles. The molecule has 1 heterocycles. The summed E-state index contributed by atoms with van der Waals surface area (Å²) in [5.41, 5.74) is 2.12. The summed E-state index contributed by atoms with van der Waals surface area (Å²) >= 11 is 1.30. The van der Waals surface area contributed by atoms with Crippen molar-refractivity contribution in [2.45, 2.75) is 20.0 Å². The lowest BCUT2D eigenvalue weighted by Crippen LogP contribution is -2.13. The van der Waals surface area contributed by atoms with Gasteiger partial charge in [0, 0.05) is 10.9 Å². The van der Waals surface area contributed by atoms with E-state index < -0.39 is 6.10 Å². The normalized spacial score (nSPS) is 12.2. The van der Waals surface area contributed by atoms with Crippen molar-refractivity contribution >= 4 is 22.4 Å². The topological polar surface area (TPSA) is 62.2 Å². The van der Waals surface area contributed by atoms with E-state index in [2.05, 4.69) is 10.3 Å². The molecular formula is C13H14N2O2S. The van der Waals surface area contributed by atoms with Gasteiger partial charge < -0.3 is 5.11 Å². The van der Waals surface area contributed by atoms with Gasteiger partial charge >= 0.3 is 0 Å². The van der Waals surface area contributed by atoms with Crippen molar-refractivity contribution in [3.8, 4) is 0 Å². The van der Waals surface area contributed by atoms with Gasteiger partial charge in [-0.2, -0.15) is 0 Å². The number of aryl methyl sites for hydroxylation is 1. The Labute approximate surface area is 109 Å². The molecule has 0 spiro atoms. The Balaban J connectivity index is 2.14. The van der Waals surface area contributed by atoms with Crippen LogP contribution >= 0.6 is 11.3 Å². The van der Waals surface area contributed by atoms with Crippen molar-refractivity contribution in [1.82, 2.24) is 4.98 Å². The number of rotatable bonds is 3. The molecule has 0 aliphatic rings. The number of hydrogen-bond acceptors (Lipinski definition) is 4. The zero-order valence-corrected chi connectivity index (χ0v) is 11.0. The van der Waals surface area contributed by atoms with E-state index in [1.165, 1.54) is 11.3 Å². The van der Waals surface area contributed by atoms with E-state index in [1.807, 2.05) is 25.1 Å². The molecule has 2 N–H and O–H groups in total. The van der Waals surface area contributed by atoms with E-state index in [-0.39, 0.29) is 5.91 Å². The summed E-state index contributed by atoms with van der Waals surface area (Å²) in [7, 11) is 0. The summed E-state index contributed by atoms with van der Waals surface area (Å²) in [6.07, 6.45) is -0.620. The number of aliphatic hydroxyl groups excluding tert-OH is 1. The minimum absolute atomic E-state index is 0.181. The van der Waals surface area contributed by atoms with E-state index >= 15 is 0 Å². The Hall–Kier alpha value is -1.72. The van der Waals surface area contributed by atoms with Gasteiger partial charge in [-0.3, -0.25) is 10.1 Å². The minimum atomic E-state index is -0.620. The number of carbonyl (C=O) groups excluding carboxylic acids is 1. The van der Waals surface area contributed by atoms with E-state index in [9.17, 15) is 9.90 Å². The Kier molecular flexibility index (Phi) is 3.74. The maximum Gasteiger partial charge on any atom is 0.257 e. The van der Waals surface area contributed by atoms with Gasteiger partial charge in [0.25, 0.3) is 5.91 Å². The predicted octanol–water partition coefficient (Wildman–Crippen LogP) is 2.76. The molecule has 0 saturated carbocycles. The molecule has 2 aromatic rings. The average Bonchev–Trinajstić information content (AvgIpc) is 2.78. The first-order valence-electron chi connectivity index (χ1n) is 5.58. The molecule has 94 valence electrons. The van der Waals surface area contributed by atoms with Crippen LogP contribution in [0.1, 0.15) is 34.6 Å². The Morgan fingerprint density at radius 1 is 1.44 bits per heavy atom. The number of nitrogens with zero attached hydrogens (tertiary/aromatic N) is 1. The maximum atomic E-state index is 12.0. The summed E-state index contributed by atoms with van der Waals surface area (Å²) in [5.74, 6) is -0.181. The third-order valence-corrected chi connectivity index (χ3v) is 3.34. The lowest BCUT2D eigenvalue weighted by Gasteiger charge is -2.04. The fraction of sp³-hybridized carbons (Fsp3) is 0.231. The molecule has 0 radical (unpaired) electrons. The number of nitrogens with one attached hydrogen (secondary N) is 1. The molecule has 1 atom stereocenters. The fourth-order valence-corrected chi connectivity index (χ4v) is 2.32. The van der Waals surface area contributed by atoms with Crippen LogP contribution in [0.2, 0.25) is 0 Å². The van der Waals surface area contributed by atoms with Gasteiger partial charge in [-0.05, 0) is 25.5 Å². The number of amides is 1. The largest absolute Gasteiger partial charge is 0.387 e. The molecular weight excluding hydrogens is 248 g/mol. The first kappa shape index (κ1) is 12.7. The van der Waals surface area contributed by atoms with Crippen LogP contribution in [-0.4, -0.2) is 16.0 Å². The van der Waals surface area contributed by atoms with Gasteiger partial charge in [-0.1, -0.05) is 18.2 Å². The molecule has 5 heteroatoms. The van der Waals surface area contributed by atoms with E-state index in [1.54, 1.807) is 18.4 Å². The molecule has 1 aromatic carbocycles. The number of carbonyl (C=O) groups is 1. The van der Waals surface area contributed by atoms with Gasteiger partial charge in [0.15, 0.2) is 5.13 Å². The second-order valence-electron chi connectivity index (χ2n) is 4.02. The molecule has 0 fully saturated rings. The third kappa shape index (κ3) is 2.75. The highest BCUT2D eigenvalue weighted by Gasteiger charge is 2.12. The summed E-state index contributed by atoms with van der Waals surface area (Å²) in [6, 6.07) is 7.37. The monoisotopic (exact) mass is 262 g/mol. The van der Waals surface area contributed by atoms with Crippen molar-refractivity contribution in [1.29, 1.82) is 0 Å². The van der Waals surface area contributed by atoms with Crippen LogP contribution in [0.5, 0.6) is 0 Å². The lowest BCUT2D eigenvalue weighted by molar-refractivity contribution is 0.102. The van der Waals surface area contributed by atoms with Crippen molar-refractivity contribution < 1.29 is 9.90 Å². The zero-order valence-electron chi connectivity index (χ0n) is 10.2. The number of benzene rings is 1. The number of anilines is 1. The molecule has 0 aliphatic carbocycles. The SMILES string of the molecule is Cc1ccccc1C(=O)Nc1nc(C(C)O)cs1. The first-order valence-corrected chi connectivity index (χ1v) is 6.46. The molecule has 1 amide bonds. The van der Waals surface area contributed by atoms with Gasteiger partial charge in [-0.15, -0.1) is 11.3 Å². The van der Waals surface area contributed by atoms with Gasteiger partial charge in [0.2, 0.25) is 0 Å². The van der Waals surface area contributed by atoms with Crippen LogP contribution in [0.15, 0.2) is 29.6 Å². The predicted molar refractivity (Wildman–Crippen MR) is 71.9 cm³/mol. The number of hydrogen-bond donors (Lipinski definition) is 2. The maximum absolute atomic E-state index is 12.0. The lowest BCUT2D eigenvalue weighted by atomic mass is 10.1.